The predicted molar refractivity (Wildman–Crippen MR) is 82.5 cm³/mol. The Hall–Kier alpha value is -0.860. The van der Waals surface area contributed by atoms with Crippen molar-refractivity contribution in [3.05, 3.63) is 35.4 Å². The molecule has 1 aromatic rings. The van der Waals surface area contributed by atoms with Gasteiger partial charge in [-0.25, -0.2) is 0 Å². The molecule has 19 heavy (non-hydrogen) atoms. The van der Waals surface area contributed by atoms with E-state index in [4.69, 9.17) is 10.5 Å². The number of hydrogen-bond donors (Lipinski definition) is 1. The molecule has 1 aromatic carbocycles. The van der Waals surface area contributed by atoms with Gasteiger partial charge in [-0.1, -0.05) is 45.0 Å². The van der Waals surface area contributed by atoms with E-state index in [-0.39, 0.29) is 17.1 Å². The molecule has 1 atom stereocenters. The highest BCUT2D eigenvalue weighted by atomic mass is 16.5. The monoisotopic (exact) mass is 263 g/mol. The molecule has 1 rings (SSSR count). The van der Waals surface area contributed by atoms with E-state index >= 15 is 0 Å². The molecule has 0 fully saturated rings. The van der Waals surface area contributed by atoms with E-state index in [1.807, 2.05) is 0 Å². The fraction of sp³-hybridized carbons (Fsp3) is 0.647. The smallest absolute Gasteiger partial charge is 0.0627 e. The highest BCUT2D eigenvalue weighted by molar-refractivity contribution is 5.27. The molecule has 0 saturated carbocycles. The fourth-order valence-electron chi connectivity index (χ4n) is 1.86. The third-order valence-corrected chi connectivity index (χ3v) is 3.05. The molecule has 1 unspecified atom stereocenters. The van der Waals surface area contributed by atoms with Gasteiger partial charge in [-0.2, -0.15) is 0 Å². The first kappa shape index (κ1) is 16.2. The molecule has 108 valence electrons. The van der Waals surface area contributed by atoms with Gasteiger partial charge in [-0.05, 0) is 43.7 Å². The lowest BCUT2D eigenvalue weighted by Gasteiger charge is -2.23. The van der Waals surface area contributed by atoms with Gasteiger partial charge in [0.1, 0.15) is 0 Å². The maximum absolute atomic E-state index is 6.11. The van der Waals surface area contributed by atoms with Gasteiger partial charge in [0, 0.05) is 6.04 Å². The summed E-state index contributed by atoms with van der Waals surface area (Å²) in [4.78, 5) is 0. The van der Waals surface area contributed by atoms with Gasteiger partial charge < -0.3 is 10.5 Å². The Balaban J connectivity index is 2.54. The lowest BCUT2D eigenvalue weighted by molar-refractivity contribution is -0.00983. The van der Waals surface area contributed by atoms with Crippen molar-refractivity contribution in [3.8, 4) is 0 Å². The molecular formula is C17H29NO. The molecule has 2 N–H and O–H groups in total. The first-order valence-electron chi connectivity index (χ1n) is 7.07. The van der Waals surface area contributed by atoms with Crippen LogP contribution in [0.25, 0.3) is 0 Å². The van der Waals surface area contributed by atoms with Crippen molar-refractivity contribution in [2.24, 2.45) is 5.73 Å². The standard InChI is InChI=1S/C17H29NO/c1-16(2,3)14-9-7-13(8-10-14)11-15(18)12-19-17(4,5)6/h7-10,15H,11-12,18H2,1-6H3. The van der Waals surface area contributed by atoms with Gasteiger partial charge in [-0.3, -0.25) is 0 Å². The quantitative estimate of drug-likeness (QED) is 0.899. The first-order valence-corrected chi connectivity index (χ1v) is 7.07. The van der Waals surface area contributed by atoms with Crippen molar-refractivity contribution in [1.82, 2.24) is 0 Å². The normalized spacial score (nSPS) is 14.5. The molecular weight excluding hydrogens is 234 g/mol. The van der Waals surface area contributed by atoms with Crippen LogP contribution in [0.1, 0.15) is 52.7 Å². The van der Waals surface area contributed by atoms with E-state index < -0.39 is 0 Å². The zero-order valence-electron chi connectivity index (χ0n) is 13.3. The predicted octanol–water partition coefficient (Wildman–Crippen LogP) is 3.67. The van der Waals surface area contributed by atoms with Crippen LogP contribution in [0.5, 0.6) is 0 Å². The number of ether oxygens (including phenoxy) is 1. The van der Waals surface area contributed by atoms with Crippen LogP contribution in [-0.2, 0) is 16.6 Å². The second-order valence-electron chi connectivity index (χ2n) is 7.33. The summed E-state index contributed by atoms with van der Waals surface area (Å²) in [5, 5.41) is 0. The molecule has 0 aliphatic rings. The molecule has 2 heteroatoms. The van der Waals surface area contributed by atoms with Crippen molar-refractivity contribution < 1.29 is 4.74 Å². The van der Waals surface area contributed by atoms with Gasteiger partial charge in [0.15, 0.2) is 0 Å². The molecule has 0 bridgehead atoms. The van der Waals surface area contributed by atoms with Gasteiger partial charge in [0.05, 0.1) is 12.2 Å². The number of nitrogens with two attached hydrogens (primary N) is 1. The Labute approximate surface area is 118 Å². The third kappa shape index (κ3) is 6.22. The van der Waals surface area contributed by atoms with Crippen LogP contribution in [0.15, 0.2) is 24.3 Å². The Morgan fingerprint density at radius 1 is 1.00 bits per heavy atom. The molecule has 0 aliphatic heterocycles. The summed E-state index contributed by atoms with van der Waals surface area (Å²) in [5.41, 5.74) is 8.83. The second-order valence-corrected chi connectivity index (χ2v) is 7.33. The molecule has 2 nitrogen and oxygen atoms in total. The summed E-state index contributed by atoms with van der Waals surface area (Å²) in [5.74, 6) is 0. The van der Waals surface area contributed by atoms with E-state index in [2.05, 4.69) is 65.8 Å². The molecule has 0 saturated heterocycles. The Morgan fingerprint density at radius 3 is 1.95 bits per heavy atom. The van der Waals surface area contributed by atoms with E-state index in [0.29, 0.717) is 6.61 Å². The lowest BCUT2D eigenvalue weighted by Crippen LogP contribution is -2.33. The van der Waals surface area contributed by atoms with Gasteiger partial charge in [0.25, 0.3) is 0 Å². The van der Waals surface area contributed by atoms with E-state index in [1.54, 1.807) is 0 Å². The van der Waals surface area contributed by atoms with Crippen molar-refractivity contribution in [2.45, 2.75) is 65.0 Å². The Bertz CT molecular complexity index is 381. The van der Waals surface area contributed by atoms with Gasteiger partial charge >= 0.3 is 0 Å². The Morgan fingerprint density at radius 2 is 1.53 bits per heavy atom. The van der Waals surface area contributed by atoms with Crippen LogP contribution in [0.3, 0.4) is 0 Å². The van der Waals surface area contributed by atoms with Gasteiger partial charge in [0.2, 0.25) is 0 Å². The van der Waals surface area contributed by atoms with Crippen LogP contribution in [-0.4, -0.2) is 18.2 Å². The molecule has 0 amide bonds. The van der Waals surface area contributed by atoms with Crippen molar-refractivity contribution in [1.29, 1.82) is 0 Å². The minimum absolute atomic E-state index is 0.0553. The van der Waals surface area contributed by atoms with Crippen LogP contribution >= 0.6 is 0 Å². The zero-order valence-corrected chi connectivity index (χ0v) is 13.3. The largest absolute Gasteiger partial charge is 0.374 e. The summed E-state index contributed by atoms with van der Waals surface area (Å²) in [6.07, 6.45) is 0.862. The topological polar surface area (TPSA) is 35.2 Å². The molecule has 0 aromatic heterocycles. The van der Waals surface area contributed by atoms with Crippen molar-refractivity contribution in [3.63, 3.8) is 0 Å². The molecule has 0 heterocycles. The molecule has 0 radical (unpaired) electrons. The summed E-state index contributed by atoms with van der Waals surface area (Å²) in [6, 6.07) is 8.81. The maximum atomic E-state index is 6.11. The van der Waals surface area contributed by atoms with Crippen LogP contribution in [0.4, 0.5) is 0 Å². The molecule has 0 spiro atoms. The van der Waals surface area contributed by atoms with E-state index in [9.17, 15) is 0 Å². The van der Waals surface area contributed by atoms with E-state index in [0.717, 1.165) is 6.42 Å². The SMILES string of the molecule is CC(C)(C)OCC(N)Cc1ccc(C(C)(C)C)cc1. The number of benzene rings is 1. The second kappa shape index (κ2) is 6.06. The average Bonchev–Trinajstić information content (AvgIpc) is 2.25. The highest BCUT2D eigenvalue weighted by Gasteiger charge is 2.15. The molecule has 0 aliphatic carbocycles. The average molecular weight is 263 g/mol. The van der Waals surface area contributed by atoms with Crippen LogP contribution in [0.2, 0.25) is 0 Å². The summed E-state index contributed by atoms with van der Waals surface area (Å²) in [6.45, 7) is 13.4. The maximum Gasteiger partial charge on any atom is 0.0627 e. The van der Waals surface area contributed by atoms with Crippen molar-refractivity contribution in [2.75, 3.05) is 6.61 Å². The Kier molecular flexibility index (Phi) is 5.17. The summed E-state index contributed by atoms with van der Waals surface area (Å²) < 4.78 is 5.72. The van der Waals surface area contributed by atoms with Crippen LogP contribution < -0.4 is 5.73 Å². The fourth-order valence-corrected chi connectivity index (χ4v) is 1.86. The summed E-state index contributed by atoms with van der Waals surface area (Å²) >= 11 is 0. The zero-order chi connectivity index (χ0) is 14.7. The third-order valence-electron chi connectivity index (χ3n) is 3.05. The minimum Gasteiger partial charge on any atom is -0.374 e. The van der Waals surface area contributed by atoms with E-state index in [1.165, 1.54) is 11.1 Å². The summed E-state index contributed by atoms with van der Waals surface area (Å²) in [7, 11) is 0. The van der Waals surface area contributed by atoms with Crippen LogP contribution in [0, 0.1) is 0 Å². The minimum atomic E-state index is -0.117. The van der Waals surface area contributed by atoms with Crippen molar-refractivity contribution >= 4 is 0 Å². The number of hydrogen-bond acceptors (Lipinski definition) is 2. The lowest BCUT2D eigenvalue weighted by atomic mass is 9.86. The number of rotatable bonds is 4. The van der Waals surface area contributed by atoms with Gasteiger partial charge in [-0.15, -0.1) is 0 Å². The highest BCUT2D eigenvalue weighted by Crippen LogP contribution is 2.22. The first-order chi connectivity index (χ1) is 8.58.